The predicted molar refractivity (Wildman–Crippen MR) is 123 cm³/mol. The first-order valence-electron chi connectivity index (χ1n) is 10.5. The summed E-state index contributed by atoms with van der Waals surface area (Å²) in [5.74, 6) is -3.93. The molecule has 0 aliphatic rings. The number of halogens is 4. The number of fused-ring (bicyclic) bond motifs is 1. The fourth-order valence-corrected chi connectivity index (χ4v) is 2.99. The van der Waals surface area contributed by atoms with Gasteiger partial charge in [-0.05, 0) is 64.1 Å². The van der Waals surface area contributed by atoms with Crippen molar-refractivity contribution < 1.29 is 41.4 Å². The fourth-order valence-electron chi connectivity index (χ4n) is 2.87. The maximum Gasteiger partial charge on any atom is 0.453 e. The first kappa shape index (κ1) is 26.9. The maximum atomic E-state index is 13.7. The zero-order valence-electron chi connectivity index (χ0n) is 19.5. The molecule has 0 spiro atoms. The van der Waals surface area contributed by atoms with Gasteiger partial charge in [-0.15, -0.1) is 0 Å². The molecule has 192 valence electrons. The molecule has 0 radical (unpaired) electrons. The molecule has 1 aromatic heterocycles. The second-order valence-corrected chi connectivity index (χ2v) is 9.03. The van der Waals surface area contributed by atoms with Gasteiger partial charge < -0.3 is 23.9 Å². The summed E-state index contributed by atoms with van der Waals surface area (Å²) in [7, 11) is 0. The zero-order chi connectivity index (χ0) is 26.8. The quantitative estimate of drug-likeness (QED) is 0.317. The van der Waals surface area contributed by atoms with Crippen molar-refractivity contribution in [3.8, 4) is 17.2 Å². The number of hydrogen-bond donors (Lipinski definition) is 1. The molecule has 3 rings (SSSR count). The van der Waals surface area contributed by atoms with Crippen LogP contribution in [0.15, 0.2) is 51.7 Å². The Balaban J connectivity index is 1.90. The summed E-state index contributed by atoms with van der Waals surface area (Å²) in [6, 6.07) is 7.47. The average Bonchev–Trinajstić information content (AvgIpc) is 2.74. The van der Waals surface area contributed by atoms with Crippen LogP contribution in [0.1, 0.15) is 33.5 Å². The van der Waals surface area contributed by atoms with E-state index in [1.807, 2.05) is 0 Å². The van der Waals surface area contributed by atoms with Crippen LogP contribution in [-0.4, -0.2) is 23.7 Å². The summed E-state index contributed by atoms with van der Waals surface area (Å²) in [4.78, 5) is 37.0. The van der Waals surface area contributed by atoms with Gasteiger partial charge in [-0.25, -0.2) is 9.59 Å². The minimum absolute atomic E-state index is 0.0615. The third kappa shape index (κ3) is 6.69. The zero-order valence-corrected chi connectivity index (χ0v) is 20.2. The molecule has 2 aromatic carbocycles. The van der Waals surface area contributed by atoms with Gasteiger partial charge in [0.05, 0.1) is 5.39 Å². The molecule has 0 aliphatic carbocycles. The SMILES string of the molecule is CC(NC(=O)OC(C)(C)C)C(=O)Oc1ccc2c(=O)c(Oc3ccc(Cl)cc3)c(C(F)(F)F)oc2c1. The topological polar surface area (TPSA) is 104 Å². The fraction of sp³-hybridized carbons (Fsp3) is 0.292. The van der Waals surface area contributed by atoms with Crippen LogP contribution in [0.5, 0.6) is 17.2 Å². The molecular weight excluding hydrogens is 507 g/mol. The number of rotatable bonds is 5. The molecule has 0 aliphatic heterocycles. The minimum atomic E-state index is -5.08. The summed E-state index contributed by atoms with van der Waals surface area (Å²) in [6.07, 6.45) is -5.94. The molecule has 0 saturated carbocycles. The number of alkyl carbamates (subject to hydrolysis) is 1. The van der Waals surface area contributed by atoms with Gasteiger partial charge in [0.25, 0.3) is 5.76 Å². The summed E-state index contributed by atoms with van der Waals surface area (Å²) in [6.45, 7) is 6.24. The monoisotopic (exact) mass is 527 g/mol. The number of benzene rings is 2. The van der Waals surface area contributed by atoms with Crippen LogP contribution in [0.25, 0.3) is 11.0 Å². The Morgan fingerprint density at radius 3 is 2.22 bits per heavy atom. The van der Waals surface area contributed by atoms with Gasteiger partial charge in [0, 0.05) is 11.1 Å². The van der Waals surface area contributed by atoms with Crippen LogP contribution in [0.3, 0.4) is 0 Å². The Labute approximate surface area is 207 Å². The van der Waals surface area contributed by atoms with E-state index in [1.165, 1.54) is 37.3 Å². The first-order valence-corrected chi connectivity index (χ1v) is 10.8. The largest absolute Gasteiger partial charge is 0.453 e. The van der Waals surface area contributed by atoms with Crippen molar-refractivity contribution >= 4 is 34.6 Å². The second kappa shape index (κ2) is 10.1. The molecule has 1 unspecified atom stereocenters. The van der Waals surface area contributed by atoms with Gasteiger partial charge in [-0.3, -0.25) is 4.79 Å². The highest BCUT2D eigenvalue weighted by molar-refractivity contribution is 6.30. The molecule has 36 heavy (non-hydrogen) atoms. The third-order valence-corrected chi connectivity index (χ3v) is 4.67. The normalized spacial score (nSPS) is 12.7. The van der Waals surface area contributed by atoms with Crippen molar-refractivity contribution in [2.45, 2.75) is 45.5 Å². The van der Waals surface area contributed by atoms with Crippen molar-refractivity contribution in [2.24, 2.45) is 0 Å². The van der Waals surface area contributed by atoms with E-state index in [-0.39, 0.29) is 16.9 Å². The van der Waals surface area contributed by atoms with Crippen LogP contribution in [0, 0.1) is 0 Å². The molecule has 1 heterocycles. The predicted octanol–water partition coefficient (Wildman–Crippen LogP) is 6.08. The minimum Gasteiger partial charge on any atom is -0.449 e. The number of nitrogens with one attached hydrogen (secondary N) is 1. The molecule has 3 aromatic rings. The summed E-state index contributed by atoms with van der Waals surface area (Å²) in [5.41, 5.74) is -2.37. The van der Waals surface area contributed by atoms with Crippen molar-refractivity contribution in [2.75, 3.05) is 0 Å². The van der Waals surface area contributed by atoms with Crippen LogP contribution in [0.4, 0.5) is 18.0 Å². The molecule has 1 N–H and O–H groups in total. The Morgan fingerprint density at radius 1 is 1.03 bits per heavy atom. The van der Waals surface area contributed by atoms with Crippen LogP contribution in [-0.2, 0) is 15.7 Å². The molecule has 1 amide bonds. The van der Waals surface area contributed by atoms with Crippen LogP contribution in [0.2, 0.25) is 5.02 Å². The van der Waals surface area contributed by atoms with Crippen molar-refractivity contribution in [3.05, 3.63) is 63.5 Å². The summed E-state index contributed by atoms with van der Waals surface area (Å²) in [5, 5.41) is 2.36. The van der Waals surface area contributed by atoms with E-state index >= 15 is 0 Å². The lowest BCUT2D eigenvalue weighted by atomic mass is 10.2. The molecule has 12 heteroatoms. The molecule has 0 fully saturated rings. The molecular formula is C24H21ClF3NO7. The first-order chi connectivity index (χ1) is 16.6. The molecule has 8 nitrogen and oxygen atoms in total. The van der Waals surface area contributed by atoms with E-state index in [4.69, 9.17) is 30.2 Å². The summed E-state index contributed by atoms with van der Waals surface area (Å²) < 4.78 is 61.5. The number of ether oxygens (including phenoxy) is 3. The highest BCUT2D eigenvalue weighted by atomic mass is 35.5. The number of hydrogen-bond acceptors (Lipinski definition) is 7. The third-order valence-electron chi connectivity index (χ3n) is 4.42. The standard InChI is InChI=1S/C24H21ClF3NO7/c1-12(29-22(32)36-23(2,3)4)21(31)34-15-9-10-16-17(11-15)35-20(24(26,27)28)19(18(16)30)33-14-7-5-13(25)6-8-14/h5-12H,1-4H3,(H,29,32). The van der Waals surface area contributed by atoms with Gasteiger partial charge in [-0.2, -0.15) is 13.2 Å². The summed E-state index contributed by atoms with van der Waals surface area (Å²) >= 11 is 5.77. The van der Waals surface area contributed by atoms with Gasteiger partial charge >= 0.3 is 18.2 Å². The van der Waals surface area contributed by atoms with Gasteiger partial charge in [0.2, 0.25) is 11.2 Å². The smallest absolute Gasteiger partial charge is 0.449 e. The number of carbonyl (C=O) groups is 2. The second-order valence-electron chi connectivity index (χ2n) is 8.59. The number of esters is 1. The Kier molecular flexibility index (Phi) is 7.54. The van der Waals surface area contributed by atoms with E-state index in [0.29, 0.717) is 5.02 Å². The molecule has 0 saturated heterocycles. The number of amides is 1. The highest BCUT2D eigenvalue weighted by Gasteiger charge is 2.40. The number of alkyl halides is 3. The lowest BCUT2D eigenvalue weighted by Crippen LogP contribution is -2.43. The Bertz CT molecular complexity index is 1350. The van der Waals surface area contributed by atoms with Crippen molar-refractivity contribution in [1.29, 1.82) is 0 Å². The van der Waals surface area contributed by atoms with E-state index in [2.05, 4.69) is 5.32 Å². The molecule has 1 atom stereocenters. The molecule has 0 bridgehead atoms. The van der Waals surface area contributed by atoms with Crippen molar-refractivity contribution in [1.82, 2.24) is 5.32 Å². The van der Waals surface area contributed by atoms with Gasteiger partial charge in [0.15, 0.2) is 0 Å². The van der Waals surface area contributed by atoms with E-state index in [9.17, 15) is 27.6 Å². The van der Waals surface area contributed by atoms with E-state index in [0.717, 1.165) is 12.1 Å². The number of carbonyl (C=O) groups excluding carboxylic acids is 2. The van der Waals surface area contributed by atoms with Gasteiger partial charge in [-0.1, -0.05) is 11.6 Å². The maximum absolute atomic E-state index is 13.7. The van der Waals surface area contributed by atoms with Crippen LogP contribution >= 0.6 is 11.6 Å². The van der Waals surface area contributed by atoms with Crippen LogP contribution < -0.4 is 20.2 Å². The Morgan fingerprint density at radius 2 is 1.64 bits per heavy atom. The highest BCUT2D eigenvalue weighted by Crippen LogP contribution is 2.38. The van der Waals surface area contributed by atoms with Gasteiger partial charge in [0.1, 0.15) is 28.7 Å². The van der Waals surface area contributed by atoms with E-state index in [1.54, 1.807) is 20.8 Å². The average molecular weight is 528 g/mol. The Hall–Kier alpha value is -3.73. The van der Waals surface area contributed by atoms with E-state index < -0.39 is 52.4 Å². The van der Waals surface area contributed by atoms with Crippen molar-refractivity contribution in [3.63, 3.8) is 0 Å². The lowest BCUT2D eigenvalue weighted by Gasteiger charge is -2.21. The lowest BCUT2D eigenvalue weighted by molar-refractivity contribution is -0.154.